The predicted molar refractivity (Wildman–Crippen MR) is 88.2 cm³/mol. The summed E-state index contributed by atoms with van der Waals surface area (Å²) in [5.41, 5.74) is 1.24. The van der Waals surface area contributed by atoms with Gasteiger partial charge in [0.25, 0.3) is 0 Å². The number of ether oxygens (including phenoxy) is 1. The Bertz CT molecular complexity index is 720. The van der Waals surface area contributed by atoms with E-state index in [1.807, 2.05) is 31.2 Å². The standard InChI is InChI=1S/C18H21NO5/c1-12-5-3-6-14(9-12)23-8-4-7-17(20)19-11-15-10-16(18(21)22)13(2)24-15/h3,5-6,9-10H,4,7-8,11H2,1-2H3,(H,19,20)(H,21,22). The van der Waals surface area contributed by atoms with Gasteiger partial charge in [0.1, 0.15) is 22.8 Å². The SMILES string of the molecule is Cc1cccc(OCCCC(=O)NCc2cc(C(=O)O)c(C)o2)c1. The summed E-state index contributed by atoms with van der Waals surface area (Å²) in [5.74, 6) is 0.381. The third-order valence-corrected chi connectivity index (χ3v) is 3.47. The van der Waals surface area contributed by atoms with Gasteiger partial charge >= 0.3 is 5.97 Å². The molecule has 6 heteroatoms. The number of aryl methyl sites for hydroxylation is 2. The minimum atomic E-state index is -1.04. The summed E-state index contributed by atoms with van der Waals surface area (Å²) in [6, 6.07) is 9.17. The third kappa shape index (κ3) is 5.15. The van der Waals surface area contributed by atoms with Crippen LogP contribution in [-0.4, -0.2) is 23.6 Å². The number of carbonyl (C=O) groups is 2. The van der Waals surface area contributed by atoms with Gasteiger partial charge in [0.15, 0.2) is 0 Å². The van der Waals surface area contributed by atoms with Gasteiger partial charge in [0, 0.05) is 6.42 Å². The van der Waals surface area contributed by atoms with Crippen molar-refractivity contribution in [2.45, 2.75) is 33.2 Å². The molecule has 0 bridgehead atoms. The Kier molecular flexibility index (Phi) is 6.01. The molecule has 0 aliphatic carbocycles. The molecule has 0 aliphatic rings. The van der Waals surface area contributed by atoms with Gasteiger partial charge < -0.3 is 19.6 Å². The van der Waals surface area contributed by atoms with Gasteiger partial charge in [-0.05, 0) is 44.0 Å². The van der Waals surface area contributed by atoms with Crippen molar-refractivity contribution >= 4 is 11.9 Å². The molecule has 128 valence electrons. The Morgan fingerprint density at radius 2 is 2.04 bits per heavy atom. The first kappa shape index (κ1) is 17.6. The normalized spacial score (nSPS) is 10.4. The highest BCUT2D eigenvalue weighted by atomic mass is 16.5. The lowest BCUT2D eigenvalue weighted by Gasteiger charge is -2.07. The van der Waals surface area contributed by atoms with Crippen molar-refractivity contribution in [3.63, 3.8) is 0 Å². The van der Waals surface area contributed by atoms with Crippen LogP contribution in [0.1, 0.15) is 40.3 Å². The molecule has 0 unspecified atom stereocenters. The van der Waals surface area contributed by atoms with Crippen molar-refractivity contribution in [3.8, 4) is 5.75 Å². The van der Waals surface area contributed by atoms with E-state index in [1.165, 1.54) is 6.07 Å². The maximum Gasteiger partial charge on any atom is 0.339 e. The summed E-state index contributed by atoms with van der Waals surface area (Å²) < 4.78 is 10.9. The Morgan fingerprint density at radius 1 is 1.25 bits per heavy atom. The Hall–Kier alpha value is -2.76. The molecule has 24 heavy (non-hydrogen) atoms. The van der Waals surface area contributed by atoms with E-state index in [0.717, 1.165) is 11.3 Å². The van der Waals surface area contributed by atoms with Crippen LogP contribution in [0.2, 0.25) is 0 Å². The number of benzene rings is 1. The lowest BCUT2D eigenvalue weighted by Crippen LogP contribution is -2.22. The molecule has 0 radical (unpaired) electrons. The largest absolute Gasteiger partial charge is 0.494 e. The maximum atomic E-state index is 11.8. The molecule has 2 N–H and O–H groups in total. The molecule has 0 saturated carbocycles. The quantitative estimate of drug-likeness (QED) is 0.726. The van der Waals surface area contributed by atoms with Crippen LogP contribution in [0.15, 0.2) is 34.7 Å². The van der Waals surface area contributed by atoms with E-state index in [1.54, 1.807) is 6.92 Å². The van der Waals surface area contributed by atoms with Gasteiger partial charge in [-0.1, -0.05) is 12.1 Å². The van der Waals surface area contributed by atoms with E-state index < -0.39 is 5.97 Å². The van der Waals surface area contributed by atoms with Crippen LogP contribution < -0.4 is 10.1 Å². The Morgan fingerprint density at radius 3 is 2.71 bits per heavy atom. The molecule has 6 nitrogen and oxygen atoms in total. The zero-order valence-electron chi connectivity index (χ0n) is 13.8. The number of hydrogen-bond donors (Lipinski definition) is 2. The van der Waals surface area contributed by atoms with E-state index in [2.05, 4.69) is 5.32 Å². The lowest BCUT2D eigenvalue weighted by molar-refractivity contribution is -0.121. The van der Waals surface area contributed by atoms with Crippen molar-refractivity contribution < 1.29 is 23.8 Å². The van der Waals surface area contributed by atoms with Crippen molar-refractivity contribution in [1.82, 2.24) is 5.32 Å². The van der Waals surface area contributed by atoms with Crippen molar-refractivity contribution in [2.24, 2.45) is 0 Å². The molecular weight excluding hydrogens is 310 g/mol. The molecule has 1 amide bonds. The van der Waals surface area contributed by atoms with Crippen LogP contribution >= 0.6 is 0 Å². The summed E-state index contributed by atoms with van der Waals surface area (Å²) in [7, 11) is 0. The minimum absolute atomic E-state index is 0.116. The van der Waals surface area contributed by atoms with Crippen LogP contribution in [-0.2, 0) is 11.3 Å². The second-order valence-corrected chi connectivity index (χ2v) is 5.53. The van der Waals surface area contributed by atoms with E-state index >= 15 is 0 Å². The molecule has 2 aromatic rings. The smallest absolute Gasteiger partial charge is 0.339 e. The van der Waals surface area contributed by atoms with Crippen molar-refractivity contribution in [2.75, 3.05) is 6.61 Å². The monoisotopic (exact) mass is 331 g/mol. The average molecular weight is 331 g/mol. The topological polar surface area (TPSA) is 88.8 Å². The average Bonchev–Trinajstić information content (AvgIpc) is 2.91. The molecular formula is C18H21NO5. The fourth-order valence-corrected chi connectivity index (χ4v) is 2.25. The molecule has 1 aromatic heterocycles. The van der Waals surface area contributed by atoms with Gasteiger partial charge in [-0.15, -0.1) is 0 Å². The molecule has 0 aliphatic heterocycles. The van der Waals surface area contributed by atoms with E-state index in [0.29, 0.717) is 31.0 Å². The summed E-state index contributed by atoms with van der Waals surface area (Å²) in [6.07, 6.45) is 0.925. The number of furan rings is 1. The maximum absolute atomic E-state index is 11.8. The van der Waals surface area contributed by atoms with Gasteiger partial charge in [-0.2, -0.15) is 0 Å². The number of aromatic carboxylic acids is 1. The van der Waals surface area contributed by atoms with E-state index in [9.17, 15) is 9.59 Å². The van der Waals surface area contributed by atoms with Gasteiger partial charge in [-0.25, -0.2) is 4.79 Å². The number of nitrogens with one attached hydrogen (secondary N) is 1. The fraction of sp³-hybridized carbons (Fsp3) is 0.333. The van der Waals surface area contributed by atoms with Gasteiger partial charge in [0.05, 0.1) is 13.2 Å². The van der Waals surface area contributed by atoms with Crippen LogP contribution in [0.25, 0.3) is 0 Å². The highest BCUT2D eigenvalue weighted by molar-refractivity contribution is 5.88. The third-order valence-electron chi connectivity index (χ3n) is 3.47. The zero-order valence-corrected chi connectivity index (χ0v) is 13.8. The summed E-state index contributed by atoms with van der Waals surface area (Å²) in [6.45, 7) is 4.20. The summed E-state index contributed by atoms with van der Waals surface area (Å²) in [5, 5.41) is 11.7. The second kappa shape index (κ2) is 8.19. The highest BCUT2D eigenvalue weighted by Gasteiger charge is 2.14. The molecule has 0 atom stereocenters. The molecule has 2 rings (SSSR count). The number of carboxylic acids is 1. The molecule has 1 heterocycles. The number of amides is 1. The summed E-state index contributed by atoms with van der Waals surface area (Å²) >= 11 is 0. The predicted octanol–water partition coefficient (Wildman–Crippen LogP) is 3.07. The highest BCUT2D eigenvalue weighted by Crippen LogP contribution is 2.15. The molecule has 1 aromatic carbocycles. The van der Waals surface area contributed by atoms with Crippen LogP contribution in [0, 0.1) is 13.8 Å². The summed E-state index contributed by atoms with van der Waals surface area (Å²) in [4.78, 5) is 22.7. The second-order valence-electron chi connectivity index (χ2n) is 5.53. The number of carboxylic acid groups (broad SMARTS) is 1. The first-order chi connectivity index (χ1) is 11.5. The Balaban J connectivity index is 1.68. The first-order valence-corrected chi connectivity index (χ1v) is 7.74. The molecule has 0 fully saturated rings. The van der Waals surface area contributed by atoms with Gasteiger partial charge in [-0.3, -0.25) is 4.79 Å². The minimum Gasteiger partial charge on any atom is -0.494 e. The van der Waals surface area contributed by atoms with E-state index in [-0.39, 0.29) is 18.0 Å². The Labute approximate surface area is 140 Å². The van der Waals surface area contributed by atoms with Crippen LogP contribution in [0.3, 0.4) is 0 Å². The van der Waals surface area contributed by atoms with Crippen LogP contribution in [0.4, 0.5) is 0 Å². The zero-order chi connectivity index (χ0) is 17.5. The van der Waals surface area contributed by atoms with Crippen molar-refractivity contribution in [1.29, 1.82) is 0 Å². The fourth-order valence-electron chi connectivity index (χ4n) is 2.25. The number of rotatable bonds is 8. The molecule has 0 spiro atoms. The number of hydrogen-bond acceptors (Lipinski definition) is 4. The lowest BCUT2D eigenvalue weighted by atomic mass is 10.2. The van der Waals surface area contributed by atoms with E-state index in [4.69, 9.17) is 14.3 Å². The van der Waals surface area contributed by atoms with Gasteiger partial charge in [0.2, 0.25) is 5.91 Å². The first-order valence-electron chi connectivity index (χ1n) is 7.74. The number of carbonyl (C=O) groups excluding carboxylic acids is 1. The molecule has 0 saturated heterocycles. The van der Waals surface area contributed by atoms with Crippen molar-refractivity contribution in [3.05, 3.63) is 53.0 Å². The van der Waals surface area contributed by atoms with Crippen LogP contribution in [0.5, 0.6) is 5.75 Å².